The summed E-state index contributed by atoms with van der Waals surface area (Å²) in [6.45, 7) is 9.72. The molecule has 174 valence electrons. The van der Waals surface area contributed by atoms with Crippen LogP contribution < -0.4 is 19.9 Å². The third-order valence-corrected chi connectivity index (χ3v) is 6.00. The van der Waals surface area contributed by atoms with E-state index in [9.17, 15) is 0 Å². The molecule has 0 saturated carbocycles. The van der Waals surface area contributed by atoms with Gasteiger partial charge in [-0.05, 0) is 55.7 Å². The molecule has 1 aromatic heterocycles. The number of nitrogens with one attached hydrogen (secondary N) is 1. The van der Waals surface area contributed by atoms with Gasteiger partial charge in [0.25, 0.3) is 0 Å². The van der Waals surface area contributed by atoms with Gasteiger partial charge in [-0.1, -0.05) is 6.07 Å². The predicted octanol–water partition coefficient (Wildman–Crippen LogP) is 3.60. The van der Waals surface area contributed by atoms with Gasteiger partial charge in [0.15, 0.2) is 5.96 Å². The zero-order chi connectivity index (χ0) is 21.5. The SMILES string of the molecule is CCNC(=NCc1ccc(N2CCCC2)nc1)N1CCN(c2ccc(OC)cc2)CC1.I. The second-order valence-electron chi connectivity index (χ2n) is 8.06. The number of pyridine rings is 1. The Kier molecular flexibility index (Phi) is 9.25. The fourth-order valence-corrected chi connectivity index (χ4v) is 4.20. The third-order valence-electron chi connectivity index (χ3n) is 6.00. The number of methoxy groups -OCH3 is 1. The highest BCUT2D eigenvalue weighted by molar-refractivity contribution is 14.0. The zero-order valence-electron chi connectivity index (χ0n) is 19.2. The molecular weight excluding hydrogens is 515 g/mol. The molecule has 2 aliphatic rings. The first-order valence-electron chi connectivity index (χ1n) is 11.4. The highest BCUT2D eigenvalue weighted by Gasteiger charge is 2.20. The molecule has 2 fully saturated rings. The summed E-state index contributed by atoms with van der Waals surface area (Å²) >= 11 is 0. The van der Waals surface area contributed by atoms with Crippen LogP contribution in [-0.4, -0.2) is 68.8 Å². The van der Waals surface area contributed by atoms with Crippen LogP contribution in [-0.2, 0) is 6.54 Å². The van der Waals surface area contributed by atoms with Crippen LogP contribution in [0.3, 0.4) is 0 Å². The monoisotopic (exact) mass is 550 g/mol. The number of piperazine rings is 1. The first-order valence-corrected chi connectivity index (χ1v) is 11.4. The number of aromatic nitrogens is 1. The van der Waals surface area contributed by atoms with Crippen LogP contribution in [0.4, 0.5) is 11.5 Å². The highest BCUT2D eigenvalue weighted by Crippen LogP contribution is 2.21. The van der Waals surface area contributed by atoms with E-state index < -0.39 is 0 Å². The fraction of sp³-hybridized carbons (Fsp3) is 0.500. The van der Waals surface area contributed by atoms with Crippen molar-refractivity contribution in [2.75, 3.05) is 62.7 Å². The summed E-state index contributed by atoms with van der Waals surface area (Å²) < 4.78 is 5.27. The van der Waals surface area contributed by atoms with Crippen molar-refractivity contribution < 1.29 is 4.74 Å². The molecule has 0 spiro atoms. The lowest BCUT2D eigenvalue weighted by atomic mass is 10.2. The van der Waals surface area contributed by atoms with Crippen molar-refractivity contribution >= 4 is 41.4 Å². The summed E-state index contributed by atoms with van der Waals surface area (Å²) in [5, 5.41) is 3.46. The first kappa shape index (κ1) is 24.4. The number of hydrogen-bond donors (Lipinski definition) is 1. The number of aliphatic imine (C=N–C) groups is 1. The van der Waals surface area contributed by atoms with Crippen LogP contribution in [0.25, 0.3) is 0 Å². The minimum Gasteiger partial charge on any atom is -0.497 e. The second-order valence-corrected chi connectivity index (χ2v) is 8.06. The Morgan fingerprint density at radius 3 is 2.28 bits per heavy atom. The van der Waals surface area contributed by atoms with Gasteiger partial charge in [0.1, 0.15) is 11.6 Å². The van der Waals surface area contributed by atoms with Gasteiger partial charge in [0, 0.05) is 57.7 Å². The molecule has 0 radical (unpaired) electrons. The van der Waals surface area contributed by atoms with Gasteiger partial charge in [0.2, 0.25) is 0 Å². The van der Waals surface area contributed by atoms with Crippen molar-refractivity contribution in [3.05, 3.63) is 48.2 Å². The van der Waals surface area contributed by atoms with Gasteiger partial charge >= 0.3 is 0 Å². The van der Waals surface area contributed by atoms with Gasteiger partial charge in [-0.25, -0.2) is 9.98 Å². The van der Waals surface area contributed by atoms with E-state index in [2.05, 4.69) is 56.2 Å². The van der Waals surface area contributed by atoms with Gasteiger partial charge in [-0.3, -0.25) is 0 Å². The molecule has 8 heteroatoms. The van der Waals surface area contributed by atoms with Crippen LogP contribution >= 0.6 is 24.0 Å². The standard InChI is InChI=1S/C24H34N6O.HI/c1-3-25-24(27-19-20-6-11-23(26-18-20)29-12-4-5-13-29)30-16-14-28(15-17-30)21-7-9-22(31-2)10-8-21;/h6-11,18H,3-5,12-17,19H2,1-2H3,(H,25,27);1H. The number of ether oxygens (including phenoxy) is 1. The molecule has 1 aromatic carbocycles. The van der Waals surface area contributed by atoms with Crippen molar-refractivity contribution in [1.82, 2.24) is 15.2 Å². The van der Waals surface area contributed by atoms with E-state index in [0.29, 0.717) is 6.54 Å². The van der Waals surface area contributed by atoms with Crippen molar-refractivity contribution in [1.29, 1.82) is 0 Å². The summed E-state index contributed by atoms with van der Waals surface area (Å²) in [5.41, 5.74) is 2.39. The number of benzene rings is 1. The number of guanidine groups is 1. The Morgan fingerprint density at radius 2 is 1.69 bits per heavy atom. The number of anilines is 2. The van der Waals surface area contributed by atoms with E-state index in [-0.39, 0.29) is 24.0 Å². The van der Waals surface area contributed by atoms with Gasteiger partial charge < -0.3 is 24.8 Å². The van der Waals surface area contributed by atoms with E-state index in [1.54, 1.807) is 7.11 Å². The fourth-order valence-electron chi connectivity index (χ4n) is 4.20. The quantitative estimate of drug-likeness (QED) is 0.337. The van der Waals surface area contributed by atoms with Gasteiger partial charge in [0.05, 0.1) is 13.7 Å². The van der Waals surface area contributed by atoms with Crippen molar-refractivity contribution in [2.24, 2.45) is 4.99 Å². The molecule has 32 heavy (non-hydrogen) atoms. The molecule has 0 aliphatic carbocycles. The van der Waals surface area contributed by atoms with Crippen molar-refractivity contribution in [3.63, 3.8) is 0 Å². The Labute approximate surface area is 208 Å². The molecule has 2 aromatic rings. The topological polar surface area (TPSA) is 56.2 Å². The summed E-state index contributed by atoms with van der Waals surface area (Å²) in [6, 6.07) is 12.6. The molecule has 7 nitrogen and oxygen atoms in total. The molecule has 0 amide bonds. The number of halogens is 1. The predicted molar refractivity (Wildman–Crippen MR) is 143 cm³/mol. The third kappa shape index (κ3) is 6.17. The van der Waals surface area contributed by atoms with Crippen LogP contribution in [0, 0.1) is 0 Å². The van der Waals surface area contributed by atoms with E-state index >= 15 is 0 Å². The maximum Gasteiger partial charge on any atom is 0.194 e. The lowest BCUT2D eigenvalue weighted by Crippen LogP contribution is -2.52. The molecule has 2 aliphatic heterocycles. The lowest BCUT2D eigenvalue weighted by Gasteiger charge is -2.37. The number of hydrogen-bond acceptors (Lipinski definition) is 5. The maximum absolute atomic E-state index is 5.27. The molecule has 1 N–H and O–H groups in total. The van der Waals surface area contributed by atoms with E-state index in [1.165, 1.54) is 18.5 Å². The molecule has 4 rings (SSSR count). The molecule has 2 saturated heterocycles. The zero-order valence-corrected chi connectivity index (χ0v) is 21.5. The minimum atomic E-state index is 0. The summed E-state index contributed by atoms with van der Waals surface area (Å²) in [5.74, 6) is 2.97. The van der Waals surface area contributed by atoms with E-state index in [1.807, 2.05) is 18.3 Å². The normalized spacial score (nSPS) is 16.7. The average Bonchev–Trinajstić information content (AvgIpc) is 3.37. The van der Waals surface area contributed by atoms with Crippen molar-refractivity contribution in [3.8, 4) is 5.75 Å². The smallest absolute Gasteiger partial charge is 0.194 e. The average molecular weight is 550 g/mol. The molecular formula is C24H35IN6O. The maximum atomic E-state index is 5.27. The largest absolute Gasteiger partial charge is 0.497 e. The van der Waals surface area contributed by atoms with Gasteiger partial charge in [-0.2, -0.15) is 0 Å². The molecule has 0 atom stereocenters. The van der Waals surface area contributed by atoms with Crippen LogP contribution in [0.15, 0.2) is 47.6 Å². The van der Waals surface area contributed by atoms with E-state index in [0.717, 1.165) is 68.9 Å². The molecule has 3 heterocycles. The van der Waals surface area contributed by atoms with Crippen molar-refractivity contribution in [2.45, 2.75) is 26.3 Å². The Bertz CT molecular complexity index is 844. The van der Waals surface area contributed by atoms with Crippen LogP contribution in [0.1, 0.15) is 25.3 Å². The lowest BCUT2D eigenvalue weighted by molar-refractivity contribution is 0.372. The van der Waals surface area contributed by atoms with Crippen LogP contribution in [0.5, 0.6) is 5.75 Å². The molecule has 0 bridgehead atoms. The second kappa shape index (κ2) is 12.1. The number of nitrogens with zero attached hydrogens (tertiary/aromatic N) is 5. The minimum absolute atomic E-state index is 0. The Hall–Kier alpha value is -2.23. The van der Waals surface area contributed by atoms with E-state index in [4.69, 9.17) is 9.73 Å². The summed E-state index contributed by atoms with van der Waals surface area (Å²) in [4.78, 5) is 16.7. The Morgan fingerprint density at radius 1 is 0.969 bits per heavy atom. The highest BCUT2D eigenvalue weighted by atomic mass is 127. The first-order chi connectivity index (χ1) is 15.3. The Balaban J connectivity index is 0.00000289. The number of rotatable bonds is 6. The van der Waals surface area contributed by atoms with Gasteiger partial charge in [-0.15, -0.1) is 24.0 Å². The van der Waals surface area contributed by atoms with Crippen LogP contribution in [0.2, 0.25) is 0 Å². The summed E-state index contributed by atoms with van der Waals surface area (Å²) in [6.07, 6.45) is 4.51. The summed E-state index contributed by atoms with van der Waals surface area (Å²) in [7, 11) is 1.70. The molecule has 0 unspecified atom stereocenters.